The van der Waals surface area contributed by atoms with E-state index in [4.69, 9.17) is 17.3 Å². The number of Topliss-reactive ketones (excluding diaryl/α,β-unsaturated/α-hetero) is 1. The van der Waals surface area contributed by atoms with Crippen LogP contribution in [0.2, 0.25) is 5.02 Å². The van der Waals surface area contributed by atoms with Crippen molar-refractivity contribution in [2.24, 2.45) is 5.73 Å². The maximum atomic E-state index is 14.1. The number of fused-ring (bicyclic) bond motifs is 1. The van der Waals surface area contributed by atoms with E-state index < -0.39 is 23.9 Å². The number of rotatable bonds is 5. The number of aromatic nitrogens is 1. The third-order valence-electron chi connectivity index (χ3n) is 5.47. The number of hydrogen-bond donors (Lipinski definition) is 3. The Kier molecular flexibility index (Phi) is 6.11. The van der Waals surface area contributed by atoms with Crippen LogP contribution in [0.4, 0.5) is 19.7 Å². The molecule has 32 heavy (non-hydrogen) atoms. The Morgan fingerprint density at radius 2 is 1.97 bits per heavy atom. The second-order valence-electron chi connectivity index (χ2n) is 7.46. The van der Waals surface area contributed by atoms with Crippen LogP contribution in [0.1, 0.15) is 18.4 Å². The van der Waals surface area contributed by atoms with Gasteiger partial charge < -0.3 is 11.1 Å². The molecule has 8 nitrogen and oxygen atoms in total. The van der Waals surface area contributed by atoms with Gasteiger partial charge in [0.25, 0.3) is 0 Å². The van der Waals surface area contributed by atoms with Crippen molar-refractivity contribution in [2.75, 3.05) is 11.9 Å². The molecule has 0 unspecified atom stereocenters. The molecule has 1 saturated heterocycles. The fraction of sp³-hybridized carbons (Fsp3) is 0.227. The van der Waals surface area contributed by atoms with Gasteiger partial charge in [0.15, 0.2) is 5.78 Å². The standard InChI is InChI=1S/C22H21ClFN5O3/c23-15-6-3-4-13(20(15)24)8-9-19(30)18-10-11-26-29(18)22(32)27-16-12-28(21(25)31)17-7-2-1-5-14(16)17/h1-7,12,18,26H,8-11H2,(H2,25,31)(H,27,32)/t18-/m0/s1. The molecule has 1 atom stereocenters. The van der Waals surface area contributed by atoms with E-state index in [0.29, 0.717) is 35.1 Å². The number of benzene rings is 2. The van der Waals surface area contributed by atoms with Crippen molar-refractivity contribution in [1.29, 1.82) is 0 Å². The highest BCUT2D eigenvalue weighted by Crippen LogP contribution is 2.27. The van der Waals surface area contributed by atoms with Gasteiger partial charge in [-0.1, -0.05) is 41.9 Å². The monoisotopic (exact) mass is 457 g/mol. The summed E-state index contributed by atoms with van der Waals surface area (Å²) in [4.78, 5) is 37.4. The minimum absolute atomic E-state index is 0.00797. The summed E-state index contributed by atoms with van der Waals surface area (Å²) in [6.07, 6.45) is 2.13. The number of aryl methyl sites for hydroxylation is 1. The lowest BCUT2D eigenvalue weighted by Gasteiger charge is -2.23. The molecule has 2 heterocycles. The van der Waals surface area contributed by atoms with E-state index in [0.717, 1.165) is 0 Å². The summed E-state index contributed by atoms with van der Waals surface area (Å²) < 4.78 is 15.3. The summed E-state index contributed by atoms with van der Waals surface area (Å²) in [7, 11) is 0. The van der Waals surface area contributed by atoms with Crippen LogP contribution in [0.15, 0.2) is 48.7 Å². The van der Waals surface area contributed by atoms with Gasteiger partial charge in [0, 0.05) is 24.5 Å². The van der Waals surface area contributed by atoms with Gasteiger partial charge in [-0.25, -0.2) is 24.4 Å². The average Bonchev–Trinajstić information content (AvgIpc) is 3.40. The van der Waals surface area contributed by atoms with Crippen molar-refractivity contribution in [3.8, 4) is 0 Å². The second kappa shape index (κ2) is 8.97. The van der Waals surface area contributed by atoms with Crippen LogP contribution in [0.3, 0.4) is 0 Å². The van der Waals surface area contributed by atoms with E-state index in [1.165, 1.54) is 21.8 Å². The van der Waals surface area contributed by atoms with Crippen molar-refractivity contribution in [1.82, 2.24) is 15.0 Å². The number of urea groups is 1. The molecule has 1 aliphatic rings. The number of carbonyl (C=O) groups excluding carboxylic acids is 3. The SMILES string of the molecule is NC(=O)n1cc(NC(=O)N2NCC[C@H]2C(=O)CCc2cccc(Cl)c2F)c2ccccc21. The average molecular weight is 458 g/mol. The number of hydrogen-bond acceptors (Lipinski definition) is 4. The first kappa shape index (κ1) is 21.8. The lowest BCUT2D eigenvalue weighted by Crippen LogP contribution is -2.48. The first-order valence-corrected chi connectivity index (χ1v) is 10.4. The number of para-hydroxylation sites is 1. The molecule has 1 fully saturated rings. The molecule has 2 aromatic carbocycles. The fourth-order valence-electron chi connectivity index (χ4n) is 3.88. The van der Waals surface area contributed by atoms with Crippen molar-refractivity contribution < 1.29 is 18.8 Å². The van der Waals surface area contributed by atoms with Crippen LogP contribution in [0.25, 0.3) is 10.9 Å². The molecule has 0 saturated carbocycles. The van der Waals surface area contributed by atoms with E-state index in [-0.39, 0.29) is 23.6 Å². The third-order valence-corrected chi connectivity index (χ3v) is 5.76. The molecule has 1 aromatic heterocycles. The normalized spacial score (nSPS) is 15.8. The zero-order valence-corrected chi connectivity index (χ0v) is 17.7. The number of nitrogens with one attached hydrogen (secondary N) is 2. The number of hydrazine groups is 1. The molecule has 4 N–H and O–H groups in total. The quantitative estimate of drug-likeness (QED) is 0.543. The molecule has 4 rings (SSSR count). The molecule has 0 bridgehead atoms. The Balaban J connectivity index is 1.47. The molecule has 0 aliphatic carbocycles. The van der Waals surface area contributed by atoms with Gasteiger partial charge >= 0.3 is 12.1 Å². The number of nitrogens with two attached hydrogens (primary N) is 1. The highest BCUT2D eigenvalue weighted by molar-refractivity contribution is 6.30. The fourth-order valence-corrected chi connectivity index (χ4v) is 4.08. The number of carbonyl (C=O) groups is 3. The highest BCUT2D eigenvalue weighted by atomic mass is 35.5. The summed E-state index contributed by atoms with van der Waals surface area (Å²) in [5.74, 6) is -0.726. The minimum Gasteiger partial charge on any atom is -0.351 e. The van der Waals surface area contributed by atoms with E-state index in [1.54, 1.807) is 36.4 Å². The molecule has 10 heteroatoms. The van der Waals surface area contributed by atoms with Crippen LogP contribution in [0.5, 0.6) is 0 Å². The smallest absolute Gasteiger partial charge is 0.336 e. The summed E-state index contributed by atoms with van der Waals surface area (Å²) in [5.41, 5.74) is 9.63. The molecular weight excluding hydrogens is 437 g/mol. The zero-order chi connectivity index (χ0) is 22.8. The van der Waals surface area contributed by atoms with Crippen molar-refractivity contribution in [3.05, 3.63) is 65.1 Å². The van der Waals surface area contributed by atoms with Gasteiger partial charge in [-0.05, 0) is 30.5 Å². The van der Waals surface area contributed by atoms with Gasteiger partial charge in [-0.2, -0.15) is 0 Å². The van der Waals surface area contributed by atoms with Gasteiger partial charge in [0.2, 0.25) is 0 Å². The zero-order valence-electron chi connectivity index (χ0n) is 17.0. The van der Waals surface area contributed by atoms with E-state index in [9.17, 15) is 18.8 Å². The largest absolute Gasteiger partial charge is 0.351 e. The van der Waals surface area contributed by atoms with E-state index in [2.05, 4.69) is 10.7 Å². The topological polar surface area (TPSA) is 109 Å². The number of anilines is 1. The van der Waals surface area contributed by atoms with Crippen LogP contribution in [0, 0.1) is 5.82 Å². The van der Waals surface area contributed by atoms with Crippen LogP contribution in [-0.4, -0.2) is 40.0 Å². The molecule has 3 aromatic rings. The maximum absolute atomic E-state index is 14.1. The summed E-state index contributed by atoms with van der Waals surface area (Å²) in [6.45, 7) is 0.443. The predicted octanol–water partition coefficient (Wildman–Crippen LogP) is 3.67. The first-order valence-electron chi connectivity index (χ1n) is 10.1. The van der Waals surface area contributed by atoms with Crippen molar-refractivity contribution >= 4 is 46.0 Å². The number of primary amides is 1. The van der Waals surface area contributed by atoms with Crippen LogP contribution in [-0.2, 0) is 11.2 Å². The lowest BCUT2D eigenvalue weighted by molar-refractivity contribution is -0.122. The molecule has 0 radical (unpaired) electrons. The molecule has 3 amide bonds. The number of ketones is 1. The number of nitrogens with zero attached hydrogens (tertiary/aromatic N) is 2. The van der Waals surface area contributed by atoms with Crippen molar-refractivity contribution in [3.63, 3.8) is 0 Å². The molecular formula is C22H21ClFN5O3. The second-order valence-corrected chi connectivity index (χ2v) is 7.87. The molecule has 0 spiro atoms. The Morgan fingerprint density at radius 1 is 1.19 bits per heavy atom. The first-order chi connectivity index (χ1) is 15.4. The summed E-state index contributed by atoms with van der Waals surface area (Å²) in [6, 6.07) is 9.75. The Labute approximate surface area is 188 Å². The lowest BCUT2D eigenvalue weighted by atomic mass is 10.0. The van der Waals surface area contributed by atoms with E-state index in [1.807, 2.05) is 0 Å². The van der Waals surface area contributed by atoms with Crippen LogP contribution < -0.4 is 16.5 Å². The summed E-state index contributed by atoms with van der Waals surface area (Å²) in [5, 5.41) is 4.63. The third kappa shape index (κ3) is 4.17. The van der Waals surface area contributed by atoms with Crippen molar-refractivity contribution in [2.45, 2.75) is 25.3 Å². The molecule has 166 valence electrons. The number of halogens is 2. The molecule has 1 aliphatic heterocycles. The van der Waals surface area contributed by atoms with E-state index >= 15 is 0 Å². The predicted molar refractivity (Wildman–Crippen MR) is 119 cm³/mol. The van der Waals surface area contributed by atoms with Crippen LogP contribution >= 0.6 is 11.6 Å². The maximum Gasteiger partial charge on any atom is 0.336 e. The number of amides is 3. The van der Waals surface area contributed by atoms with Gasteiger partial charge in [0.05, 0.1) is 16.2 Å². The Hall–Kier alpha value is -3.43. The van der Waals surface area contributed by atoms with Gasteiger partial charge in [-0.3, -0.25) is 9.36 Å². The minimum atomic E-state index is -0.693. The Bertz CT molecular complexity index is 1210. The van der Waals surface area contributed by atoms with Gasteiger partial charge in [-0.15, -0.1) is 0 Å². The Morgan fingerprint density at radius 3 is 2.75 bits per heavy atom. The highest BCUT2D eigenvalue weighted by Gasteiger charge is 2.34. The summed E-state index contributed by atoms with van der Waals surface area (Å²) >= 11 is 5.80. The van der Waals surface area contributed by atoms with Gasteiger partial charge in [0.1, 0.15) is 11.9 Å².